The molecule has 9 heteroatoms. The van der Waals surface area contributed by atoms with Crippen molar-refractivity contribution in [2.45, 2.75) is 16.8 Å². The van der Waals surface area contributed by atoms with E-state index in [-0.39, 0.29) is 14.5 Å². The molecule has 0 bridgehead atoms. The van der Waals surface area contributed by atoms with Crippen molar-refractivity contribution in [3.8, 4) is 0 Å². The van der Waals surface area contributed by atoms with Gasteiger partial charge in [-0.3, -0.25) is 0 Å². The molecule has 0 spiro atoms. The predicted molar refractivity (Wildman–Crippen MR) is 66.9 cm³/mol. The average molecular weight is 376 g/mol. The lowest BCUT2D eigenvalue weighted by Gasteiger charge is -2.18. The molecule has 0 N–H and O–H groups in total. The van der Waals surface area contributed by atoms with Crippen LogP contribution in [0.25, 0.3) is 0 Å². The molecule has 1 atom stereocenters. The predicted octanol–water partition coefficient (Wildman–Crippen LogP) is 0.982. The van der Waals surface area contributed by atoms with E-state index < -0.39 is 10.0 Å². The van der Waals surface area contributed by atoms with Gasteiger partial charge in [-0.25, -0.2) is 13.1 Å². The number of alkyl halides is 1. The minimum Gasteiger partial charge on any atom is -0.235 e. The summed E-state index contributed by atoms with van der Waals surface area (Å²) in [7, 11) is -0.500. The number of rotatable bonds is 4. The monoisotopic (exact) mass is 374 g/mol. The van der Waals surface area contributed by atoms with Gasteiger partial charge in [0.15, 0.2) is 4.60 Å². The SMILES string of the molecule is CC(Br)CN(C)S(=O)(=O)c1c(Br)nnn1C. The average Bonchev–Trinajstić information content (AvgIpc) is 2.45. The number of hydrogen-bond donors (Lipinski definition) is 0. The zero-order chi connectivity index (χ0) is 12.5. The van der Waals surface area contributed by atoms with Gasteiger partial charge < -0.3 is 0 Å². The van der Waals surface area contributed by atoms with Gasteiger partial charge in [-0.1, -0.05) is 28.1 Å². The molecule has 16 heavy (non-hydrogen) atoms. The summed E-state index contributed by atoms with van der Waals surface area (Å²) in [4.78, 5) is 0.0761. The number of aryl methyl sites for hydroxylation is 1. The van der Waals surface area contributed by atoms with Crippen LogP contribution in [-0.2, 0) is 17.1 Å². The van der Waals surface area contributed by atoms with Crippen molar-refractivity contribution >= 4 is 41.9 Å². The van der Waals surface area contributed by atoms with Crippen LogP contribution < -0.4 is 0 Å². The van der Waals surface area contributed by atoms with Gasteiger partial charge in [0, 0.05) is 25.5 Å². The highest BCUT2D eigenvalue weighted by atomic mass is 79.9. The van der Waals surface area contributed by atoms with Crippen molar-refractivity contribution in [2.75, 3.05) is 13.6 Å². The molecule has 1 heterocycles. The minimum absolute atomic E-state index is 0.0585. The van der Waals surface area contributed by atoms with Crippen LogP contribution in [0.2, 0.25) is 0 Å². The highest BCUT2D eigenvalue weighted by Gasteiger charge is 2.28. The molecule has 92 valence electrons. The lowest BCUT2D eigenvalue weighted by atomic mass is 10.5. The Morgan fingerprint density at radius 3 is 2.50 bits per heavy atom. The Balaban J connectivity index is 3.12. The first kappa shape index (κ1) is 14.1. The van der Waals surface area contributed by atoms with Gasteiger partial charge in [0.2, 0.25) is 5.03 Å². The number of nitrogens with zero attached hydrogens (tertiary/aromatic N) is 4. The second kappa shape index (κ2) is 5.11. The Morgan fingerprint density at radius 1 is 1.56 bits per heavy atom. The molecule has 6 nitrogen and oxygen atoms in total. The fourth-order valence-corrected chi connectivity index (χ4v) is 4.10. The number of sulfonamides is 1. The Labute approximate surface area is 111 Å². The molecule has 0 aromatic carbocycles. The third-order valence-electron chi connectivity index (χ3n) is 1.90. The van der Waals surface area contributed by atoms with E-state index in [1.807, 2.05) is 6.92 Å². The van der Waals surface area contributed by atoms with Crippen LogP contribution in [0.4, 0.5) is 0 Å². The van der Waals surface area contributed by atoms with E-state index in [1.165, 1.54) is 23.1 Å². The molecule has 1 rings (SSSR count). The maximum absolute atomic E-state index is 12.1. The van der Waals surface area contributed by atoms with Gasteiger partial charge in [-0.15, -0.1) is 5.10 Å². The van der Waals surface area contributed by atoms with E-state index >= 15 is 0 Å². The molecule has 0 amide bonds. The van der Waals surface area contributed by atoms with Crippen molar-refractivity contribution in [2.24, 2.45) is 7.05 Å². The first-order chi connectivity index (χ1) is 7.26. The van der Waals surface area contributed by atoms with Crippen LogP contribution >= 0.6 is 31.9 Å². The maximum atomic E-state index is 12.1. The Morgan fingerprint density at radius 2 is 2.12 bits per heavy atom. The van der Waals surface area contributed by atoms with Gasteiger partial charge in [0.05, 0.1) is 0 Å². The summed E-state index contributed by atoms with van der Waals surface area (Å²) in [6.07, 6.45) is 0. The van der Waals surface area contributed by atoms with Crippen LogP contribution in [-0.4, -0.2) is 46.1 Å². The highest BCUT2D eigenvalue weighted by Crippen LogP contribution is 2.21. The van der Waals surface area contributed by atoms with E-state index in [9.17, 15) is 8.42 Å². The summed E-state index contributed by atoms with van der Waals surface area (Å²) in [5.74, 6) is 0. The quantitative estimate of drug-likeness (QED) is 0.735. The standard InChI is InChI=1S/C7H12Br2N4O2S/c1-5(8)4-12(2)16(14,15)7-6(9)10-11-13(7)3/h5H,4H2,1-3H3. The van der Waals surface area contributed by atoms with Crippen molar-refractivity contribution in [3.05, 3.63) is 4.60 Å². The number of hydrogen-bond acceptors (Lipinski definition) is 4. The second-order valence-corrected chi connectivity index (χ2v) is 7.65. The summed E-state index contributed by atoms with van der Waals surface area (Å²) < 4.78 is 27.0. The molecule has 0 saturated heterocycles. The Kier molecular flexibility index (Phi) is 4.49. The molecule has 1 unspecified atom stereocenters. The fourth-order valence-electron chi connectivity index (χ4n) is 1.20. The summed E-state index contributed by atoms with van der Waals surface area (Å²) in [6, 6.07) is 0. The summed E-state index contributed by atoms with van der Waals surface area (Å²) >= 11 is 6.39. The van der Waals surface area contributed by atoms with E-state index in [0.29, 0.717) is 6.54 Å². The number of aromatic nitrogens is 3. The topological polar surface area (TPSA) is 68.1 Å². The van der Waals surface area contributed by atoms with E-state index in [2.05, 4.69) is 42.2 Å². The van der Waals surface area contributed by atoms with E-state index in [0.717, 1.165) is 0 Å². The van der Waals surface area contributed by atoms with Crippen LogP contribution in [0, 0.1) is 0 Å². The molecule has 0 fully saturated rings. The van der Waals surface area contributed by atoms with Gasteiger partial charge in [-0.05, 0) is 15.9 Å². The molecule has 0 aliphatic heterocycles. The van der Waals surface area contributed by atoms with Crippen LogP contribution in [0.3, 0.4) is 0 Å². The number of halogens is 2. The zero-order valence-electron chi connectivity index (χ0n) is 9.05. The molecule has 1 aromatic rings. The van der Waals surface area contributed by atoms with Crippen molar-refractivity contribution in [3.63, 3.8) is 0 Å². The summed E-state index contributed by atoms with van der Waals surface area (Å²) in [5.41, 5.74) is 0. The first-order valence-electron chi connectivity index (χ1n) is 4.42. The third-order valence-corrected chi connectivity index (χ3v) is 4.90. The zero-order valence-corrected chi connectivity index (χ0v) is 13.0. The second-order valence-electron chi connectivity index (χ2n) is 3.38. The van der Waals surface area contributed by atoms with Crippen LogP contribution in [0.15, 0.2) is 9.63 Å². The van der Waals surface area contributed by atoms with Gasteiger partial charge >= 0.3 is 0 Å². The summed E-state index contributed by atoms with van der Waals surface area (Å²) in [5, 5.41) is 7.36. The van der Waals surface area contributed by atoms with Gasteiger partial charge in [0.1, 0.15) is 0 Å². The molecular weight excluding hydrogens is 364 g/mol. The van der Waals surface area contributed by atoms with Crippen LogP contribution in [0.1, 0.15) is 6.92 Å². The largest absolute Gasteiger partial charge is 0.262 e. The molecular formula is C7H12Br2N4O2S. The van der Waals surface area contributed by atoms with E-state index in [1.54, 1.807) is 0 Å². The molecule has 0 aliphatic carbocycles. The first-order valence-corrected chi connectivity index (χ1v) is 7.57. The van der Waals surface area contributed by atoms with Gasteiger partial charge in [0.25, 0.3) is 10.0 Å². The maximum Gasteiger partial charge on any atom is 0.262 e. The lowest BCUT2D eigenvalue weighted by Crippen LogP contribution is -2.32. The lowest BCUT2D eigenvalue weighted by molar-refractivity contribution is 0.463. The fraction of sp³-hybridized carbons (Fsp3) is 0.714. The molecule has 1 aromatic heterocycles. The van der Waals surface area contributed by atoms with Crippen LogP contribution in [0.5, 0.6) is 0 Å². The normalized spacial score (nSPS) is 14.4. The van der Waals surface area contributed by atoms with Crippen molar-refractivity contribution < 1.29 is 8.42 Å². The van der Waals surface area contributed by atoms with Crippen molar-refractivity contribution in [1.82, 2.24) is 19.3 Å². The Bertz CT molecular complexity index is 451. The smallest absolute Gasteiger partial charge is 0.235 e. The van der Waals surface area contributed by atoms with Crippen molar-refractivity contribution in [1.29, 1.82) is 0 Å². The van der Waals surface area contributed by atoms with E-state index in [4.69, 9.17) is 0 Å². The third kappa shape index (κ3) is 2.82. The minimum atomic E-state index is -3.56. The summed E-state index contributed by atoms with van der Waals surface area (Å²) in [6.45, 7) is 2.25. The Hall–Kier alpha value is 0.0100. The van der Waals surface area contributed by atoms with Gasteiger partial charge in [-0.2, -0.15) is 4.31 Å². The highest BCUT2D eigenvalue weighted by molar-refractivity contribution is 9.10. The molecule has 0 aliphatic rings. The molecule has 0 saturated carbocycles. The molecule has 0 radical (unpaired) electrons.